The summed E-state index contributed by atoms with van der Waals surface area (Å²) in [7, 11) is 0. The second-order valence-electron chi connectivity index (χ2n) is 22.4. The average Bonchev–Trinajstić information content (AvgIpc) is 3.45. The molecule has 79 heavy (non-hydrogen) atoms. The number of ether oxygens (including phenoxy) is 3. The molecular formula is C73H126O6. The van der Waals surface area contributed by atoms with Gasteiger partial charge in [-0.1, -0.05) is 323 Å². The van der Waals surface area contributed by atoms with Gasteiger partial charge in [0.05, 0.1) is 0 Å². The summed E-state index contributed by atoms with van der Waals surface area (Å²) in [6.45, 7) is 6.51. The summed E-state index contributed by atoms with van der Waals surface area (Å²) in [5.74, 6) is -0.887. The fraction of sp³-hybridized carbons (Fsp3) is 0.740. The molecule has 0 saturated carbocycles. The van der Waals surface area contributed by atoms with Gasteiger partial charge < -0.3 is 14.2 Å². The van der Waals surface area contributed by atoms with Crippen LogP contribution in [0.25, 0.3) is 0 Å². The van der Waals surface area contributed by atoms with Crippen LogP contribution in [0.3, 0.4) is 0 Å². The molecule has 0 aromatic carbocycles. The van der Waals surface area contributed by atoms with Crippen LogP contribution in [-0.4, -0.2) is 37.2 Å². The molecule has 0 aliphatic heterocycles. The third-order valence-electron chi connectivity index (χ3n) is 14.6. The lowest BCUT2D eigenvalue weighted by Gasteiger charge is -2.18. The van der Waals surface area contributed by atoms with Crippen molar-refractivity contribution in [1.29, 1.82) is 0 Å². The zero-order chi connectivity index (χ0) is 57.1. The van der Waals surface area contributed by atoms with Crippen molar-refractivity contribution in [3.63, 3.8) is 0 Å². The van der Waals surface area contributed by atoms with Gasteiger partial charge in [-0.15, -0.1) is 0 Å². The Labute approximate surface area is 489 Å². The largest absolute Gasteiger partial charge is 0.462 e. The van der Waals surface area contributed by atoms with Crippen molar-refractivity contribution in [1.82, 2.24) is 0 Å². The van der Waals surface area contributed by atoms with Crippen molar-refractivity contribution < 1.29 is 28.6 Å². The molecule has 0 N–H and O–H groups in total. The fourth-order valence-corrected chi connectivity index (χ4v) is 9.58. The molecule has 0 aliphatic rings. The Morgan fingerprint density at radius 2 is 0.494 bits per heavy atom. The highest BCUT2D eigenvalue weighted by Gasteiger charge is 2.19. The van der Waals surface area contributed by atoms with E-state index in [-0.39, 0.29) is 31.1 Å². The number of hydrogen-bond donors (Lipinski definition) is 0. The van der Waals surface area contributed by atoms with Crippen LogP contribution < -0.4 is 0 Å². The third kappa shape index (κ3) is 65.0. The Bertz CT molecular complexity index is 1540. The monoisotopic (exact) mass is 1100 g/mol. The van der Waals surface area contributed by atoms with E-state index in [2.05, 4.69) is 118 Å². The molecule has 0 spiro atoms. The Morgan fingerprint density at radius 1 is 0.266 bits per heavy atom. The lowest BCUT2D eigenvalue weighted by atomic mass is 10.0. The van der Waals surface area contributed by atoms with Crippen LogP contribution in [0.5, 0.6) is 0 Å². The smallest absolute Gasteiger partial charge is 0.306 e. The lowest BCUT2D eigenvalue weighted by molar-refractivity contribution is -0.167. The molecule has 0 aliphatic carbocycles. The van der Waals surface area contributed by atoms with Crippen molar-refractivity contribution in [2.75, 3.05) is 13.2 Å². The van der Waals surface area contributed by atoms with E-state index in [1.54, 1.807) is 0 Å². The van der Waals surface area contributed by atoms with Gasteiger partial charge in [-0.3, -0.25) is 14.4 Å². The molecular weight excluding hydrogens is 973 g/mol. The molecule has 0 saturated heterocycles. The van der Waals surface area contributed by atoms with Gasteiger partial charge >= 0.3 is 17.9 Å². The predicted octanol–water partition coefficient (Wildman–Crippen LogP) is 23.2. The predicted molar refractivity (Wildman–Crippen MR) is 344 cm³/mol. The number of allylic oxidation sites excluding steroid dienone is 16. The highest BCUT2D eigenvalue weighted by Crippen LogP contribution is 2.17. The van der Waals surface area contributed by atoms with Crippen LogP contribution in [-0.2, 0) is 28.6 Å². The maximum Gasteiger partial charge on any atom is 0.306 e. The molecule has 1 unspecified atom stereocenters. The summed E-state index contributed by atoms with van der Waals surface area (Å²) in [4.78, 5) is 38.1. The second-order valence-corrected chi connectivity index (χ2v) is 22.4. The summed E-state index contributed by atoms with van der Waals surface area (Å²) in [6, 6.07) is 0. The van der Waals surface area contributed by atoms with Crippen LogP contribution in [0.1, 0.15) is 329 Å². The number of esters is 3. The van der Waals surface area contributed by atoms with Crippen molar-refractivity contribution >= 4 is 17.9 Å². The highest BCUT2D eigenvalue weighted by atomic mass is 16.6. The molecule has 0 heterocycles. The normalized spacial score (nSPS) is 12.7. The standard InChI is InChI=1S/C73H126O6/c1-4-7-10-13-16-18-20-22-24-26-28-30-32-33-34-35-36-37-38-39-41-42-44-46-48-50-52-54-57-60-63-66-72(75)78-69-70(68-77-71(74)65-62-59-56-15-12-9-6-3)79-73(76)67-64-61-58-55-53-51-49-47-45-43-40-31-29-27-25-23-21-19-17-14-11-8-5-2/h7,10,16,18,22,24,28,30,33-34,36-37,39,41,44,46,70H,4-6,8-9,11-15,17,19-21,23,25-27,29,31-32,35,38,40,42-43,45,47-69H2,1-3H3/b10-7-,18-16-,24-22-,30-28-,34-33-,37-36-,41-39-,46-44-. The van der Waals surface area contributed by atoms with Crippen molar-refractivity contribution in [3.05, 3.63) is 97.2 Å². The zero-order valence-corrected chi connectivity index (χ0v) is 52.1. The minimum atomic E-state index is -0.780. The summed E-state index contributed by atoms with van der Waals surface area (Å²) in [5, 5.41) is 0. The molecule has 6 heteroatoms. The van der Waals surface area contributed by atoms with Crippen molar-refractivity contribution in [3.8, 4) is 0 Å². The number of carbonyl (C=O) groups is 3. The van der Waals surface area contributed by atoms with Gasteiger partial charge in [-0.25, -0.2) is 0 Å². The zero-order valence-electron chi connectivity index (χ0n) is 52.1. The first-order valence-electron chi connectivity index (χ1n) is 33.7. The molecule has 0 amide bonds. The molecule has 0 bridgehead atoms. The minimum Gasteiger partial charge on any atom is -0.462 e. The lowest BCUT2D eigenvalue weighted by Crippen LogP contribution is -2.30. The Morgan fingerprint density at radius 3 is 0.772 bits per heavy atom. The van der Waals surface area contributed by atoms with Crippen molar-refractivity contribution in [2.24, 2.45) is 0 Å². The fourth-order valence-electron chi connectivity index (χ4n) is 9.58. The maximum atomic E-state index is 12.9. The third-order valence-corrected chi connectivity index (χ3v) is 14.6. The van der Waals surface area contributed by atoms with E-state index in [9.17, 15) is 14.4 Å². The van der Waals surface area contributed by atoms with E-state index in [0.29, 0.717) is 19.3 Å². The van der Waals surface area contributed by atoms with Crippen LogP contribution in [0.15, 0.2) is 97.2 Å². The van der Waals surface area contributed by atoms with Gasteiger partial charge in [0.15, 0.2) is 6.10 Å². The number of hydrogen-bond acceptors (Lipinski definition) is 6. The Kier molecular flexibility index (Phi) is 63.7. The minimum absolute atomic E-state index is 0.0787. The van der Waals surface area contributed by atoms with Gasteiger partial charge in [0, 0.05) is 19.3 Å². The van der Waals surface area contributed by atoms with Gasteiger partial charge in [-0.05, 0) is 83.5 Å². The van der Waals surface area contributed by atoms with Crippen LogP contribution >= 0.6 is 0 Å². The van der Waals surface area contributed by atoms with Crippen molar-refractivity contribution in [2.45, 2.75) is 335 Å². The van der Waals surface area contributed by atoms with Crippen LogP contribution in [0.2, 0.25) is 0 Å². The van der Waals surface area contributed by atoms with E-state index in [1.165, 1.54) is 167 Å². The molecule has 0 rings (SSSR count). The van der Waals surface area contributed by atoms with Crippen LogP contribution in [0, 0.1) is 0 Å². The van der Waals surface area contributed by atoms with Gasteiger partial charge in [0.25, 0.3) is 0 Å². The number of carbonyl (C=O) groups excluding carboxylic acids is 3. The first-order valence-corrected chi connectivity index (χ1v) is 33.7. The van der Waals surface area contributed by atoms with E-state index >= 15 is 0 Å². The SMILES string of the molecule is CC/C=C\C/C=C\C/C=C\C/C=C\C/C=C\C/C=C\C/C=C\C/C=C\CCCCCCCCC(=O)OCC(COC(=O)CCCCCCCCC)OC(=O)CCCCCCCCCCCCCCCCCCCCCCCCC. The molecule has 6 nitrogen and oxygen atoms in total. The average molecular weight is 1100 g/mol. The van der Waals surface area contributed by atoms with E-state index in [0.717, 1.165) is 122 Å². The summed E-state index contributed by atoms with van der Waals surface area (Å²) in [5.41, 5.74) is 0. The van der Waals surface area contributed by atoms with Crippen LogP contribution in [0.4, 0.5) is 0 Å². The molecule has 0 radical (unpaired) electrons. The molecule has 454 valence electrons. The maximum absolute atomic E-state index is 12.9. The van der Waals surface area contributed by atoms with Gasteiger partial charge in [0.1, 0.15) is 13.2 Å². The topological polar surface area (TPSA) is 78.9 Å². The van der Waals surface area contributed by atoms with Gasteiger partial charge in [0.2, 0.25) is 0 Å². The summed E-state index contributed by atoms with van der Waals surface area (Å²) >= 11 is 0. The summed E-state index contributed by atoms with van der Waals surface area (Å²) < 4.78 is 16.9. The first kappa shape index (κ1) is 75.3. The number of unbranched alkanes of at least 4 members (excludes halogenated alkanes) is 34. The summed E-state index contributed by atoms with van der Waals surface area (Å²) in [6.07, 6.45) is 90.2. The first-order chi connectivity index (χ1) is 39.0. The molecule has 0 aromatic heterocycles. The van der Waals surface area contributed by atoms with Gasteiger partial charge in [-0.2, -0.15) is 0 Å². The number of rotatable bonds is 61. The molecule has 0 aromatic rings. The highest BCUT2D eigenvalue weighted by molar-refractivity contribution is 5.71. The Balaban J connectivity index is 4.15. The Hall–Kier alpha value is -3.67. The second kappa shape index (κ2) is 66.8. The van der Waals surface area contributed by atoms with E-state index < -0.39 is 6.10 Å². The molecule has 0 fully saturated rings. The quantitative estimate of drug-likeness (QED) is 0.0261. The molecule has 1 atom stereocenters. The van der Waals surface area contributed by atoms with E-state index in [1.807, 2.05) is 0 Å². The van der Waals surface area contributed by atoms with E-state index in [4.69, 9.17) is 14.2 Å².